The van der Waals surface area contributed by atoms with Crippen molar-refractivity contribution in [3.05, 3.63) is 82.5 Å². The van der Waals surface area contributed by atoms with E-state index in [1.807, 2.05) is 6.07 Å². The lowest BCUT2D eigenvalue weighted by Crippen LogP contribution is -2.07. The number of hydrogen-bond donors (Lipinski definition) is 1. The summed E-state index contributed by atoms with van der Waals surface area (Å²) in [6.45, 7) is 0. The van der Waals surface area contributed by atoms with Gasteiger partial charge in [0.1, 0.15) is 11.5 Å². The molecule has 3 aromatic rings. The van der Waals surface area contributed by atoms with E-state index in [-0.39, 0.29) is 28.5 Å². The van der Waals surface area contributed by atoms with Gasteiger partial charge in [0, 0.05) is 21.8 Å². The number of furan rings is 1. The van der Waals surface area contributed by atoms with Crippen LogP contribution in [0.25, 0.3) is 17.4 Å². The van der Waals surface area contributed by atoms with E-state index in [1.165, 1.54) is 42.5 Å². The van der Waals surface area contributed by atoms with Crippen LogP contribution >= 0.6 is 15.9 Å². The highest BCUT2D eigenvalue weighted by atomic mass is 79.9. The molecule has 0 radical (unpaired) electrons. The Balaban J connectivity index is 0.00000280. The van der Waals surface area contributed by atoms with Gasteiger partial charge >= 0.3 is 6.18 Å². The summed E-state index contributed by atoms with van der Waals surface area (Å²) in [6, 6.07) is 15.2. The van der Waals surface area contributed by atoms with Gasteiger partial charge in [0.15, 0.2) is 0 Å². The van der Waals surface area contributed by atoms with Crippen molar-refractivity contribution in [3.63, 3.8) is 0 Å². The number of benzene rings is 2. The predicted molar refractivity (Wildman–Crippen MR) is 105 cm³/mol. The lowest BCUT2D eigenvalue weighted by Gasteiger charge is -2.10. The number of rotatable bonds is 4. The first-order chi connectivity index (χ1) is 12.8. The number of hydrogen-bond acceptors (Lipinski definition) is 2. The molecule has 0 saturated carbocycles. The molecule has 0 bridgehead atoms. The van der Waals surface area contributed by atoms with E-state index >= 15 is 0 Å². The Hall–Kier alpha value is -2.84. The molecule has 0 fully saturated rings. The van der Waals surface area contributed by atoms with Gasteiger partial charge in [-0.2, -0.15) is 13.2 Å². The number of carbonyl (C=O) groups is 1. The largest absolute Gasteiger partial charge is 0.457 e. The van der Waals surface area contributed by atoms with Crippen LogP contribution in [0.15, 0.2) is 75.6 Å². The monoisotopic (exact) mass is 453 g/mol. The molecule has 28 heavy (non-hydrogen) atoms. The molecule has 3 rings (SSSR count). The number of nitrogens with one attached hydrogen (secondary N) is 1. The minimum Gasteiger partial charge on any atom is -0.457 e. The van der Waals surface area contributed by atoms with Crippen LogP contribution in [0.1, 0.15) is 11.3 Å². The zero-order chi connectivity index (χ0) is 19.4. The molecule has 8 heteroatoms. The first kappa shape index (κ1) is 21.5. The van der Waals surface area contributed by atoms with E-state index in [0.29, 0.717) is 5.69 Å². The SMILES string of the molecule is O.O=C(/C=C/c1ccc(-c2ccccc2C(F)(F)F)o1)Nc1cccc(Br)c1. The molecule has 1 heterocycles. The normalized spacial score (nSPS) is 11.3. The number of halogens is 4. The van der Waals surface area contributed by atoms with E-state index in [0.717, 1.165) is 10.5 Å². The van der Waals surface area contributed by atoms with Gasteiger partial charge in [0.05, 0.1) is 5.56 Å². The van der Waals surface area contributed by atoms with Crippen molar-refractivity contribution in [3.8, 4) is 11.3 Å². The minimum atomic E-state index is -4.48. The van der Waals surface area contributed by atoms with Crippen molar-refractivity contribution in [2.45, 2.75) is 6.18 Å². The van der Waals surface area contributed by atoms with Crippen molar-refractivity contribution < 1.29 is 27.9 Å². The lowest BCUT2D eigenvalue weighted by molar-refractivity contribution is -0.137. The number of alkyl halides is 3. The molecule has 0 saturated heterocycles. The highest BCUT2D eigenvalue weighted by Gasteiger charge is 2.34. The Bertz CT molecular complexity index is 996. The maximum absolute atomic E-state index is 13.1. The Labute approximate surface area is 167 Å². The highest BCUT2D eigenvalue weighted by molar-refractivity contribution is 9.10. The van der Waals surface area contributed by atoms with E-state index in [9.17, 15) is 18.0 Å². The second-order valence-electron chi connectivity index (χ2n) is 5.58. The van der Waals surface area contributed by atoms with Gasteiger partial charge in [-0.25, -0.2) is 0 Å². The molecule has 0 spiro atoms. The van der Waals surface area contributed by atoms with Gasteiger partial charge in [-0.05, 0) is 42.5 Å². The van der Waals surface area contributed by atoms with Gasteiger partial charge in [0.25, 0.3) is 0 Å². The third-order valence-corrected chi connectivity index (χ3v) is 4.11. The fourth-order valence-corrected chi connectivity index (χ4v) is 2.84. The van der Waals surface area contributed by atoms with Crippen LogP contribution in [0.5, 0.6) is 0 Å². The summed E-state index contributed by atoms with van der Waals surface area (Å²) in [5, 5.41) is 2.67. The van der Waals surface area contributed by atoms with Gasteiger partial charge < -0.3 is 15.2 Å². The Kier molecular flexibility index (Phi) is 6.82. The van der Waals surface area contributed by atoms with Gasteiger partial charge in [-0.3, -0.25) is 4.79 Å². The molecule has 0 aliphatic heterocycles. The van der Waals surface area contributed by atoms with Crippen molar-refractivity contribution >= 4 is 33.6 Å². The van der Waals surface area contributed by atoms with Gasteiger partial charge in [0.2, 0.25) is 5.91 Å². The predicted octanol–water partition coefficient (Wildman–Crippen LogP) is 5.56. The molecular formula is C20H15BrF3NO3. The van der Waals surface area contributed by atoms with Gasteiger partial charge in [-0.15, -0.1) is 0 Å². The zero-order valence-electron chi connectivity index (χ0n) is 14.3. The van der Waals surface area contributed by atoms with Crippen molar-refractivity contribution in [2.75, 3.05) is 5.32 Å². The second kappa shape index (κ2) is 8.90. The summed E-state index contributed by atoms with van der Waals surface area (Å²) in [4.78, 5) is 12.0. The Morgan fingerprint density at radius 1 is 1.04 bits per heavy atom. The zero-order valence-corrected chi connectivity index (χ0v) is 15.8. The summed E-state index contributed by atoms with van der Waals surface area (Å²) in [7, 11) is 0. The standard InChI is InChI=1S/C20H13BrF3NO2.H2O/c21-13-4-3-5-14(12-13)25-19(26)11-9-15-8-10-18(27-15)16-6-1-2-7-17(16)20(22,23)24;/h1-12H,(H,25,26);1H2/b11-9+;. The first-order valence-corrected chi connectivity index (χ1v) is 8.63. The van der Waals surface area contributed by atoms with Crippen LogP contribution in [0.4, 0.5) is 18.9 Å². The average molecular weight is 454 g/mol. The number of amides is 1. The molecule has 146 valence electrons. The molecule has 2 aromatic carbocycles. The third kappa shape index (κ3) is 5.34. The quantitative estimate of drug-likeness (QED) is 0.525. The molecule has 0 unspecified atom stereocenters. The van der Waals surface area contributed by atoms with E-state index in [4.69, 9.17) is 4.42 Å². The molecule has 1 aromatic heterocycles. The van der Waals surface area contributed by atoms with E-state index in [2.05, 4.69) is 21.2 Å². The van der Waals surface area contributed by atoms with Gasteiger partial charge in [-0.1, -0.05) is 40.2 Å². The van der Waals surface area contributed by atoms with E-state index < -0.39 is 11.7 Å². The lowest BCUT2D eigenvalue weighted by atomic mass is 10.1. The summed E-state index contributed by atoms with van der Waals surface area (Å²) in [6.07, 6.45) is -1.84. The first-order valence-electron chi connectivity index (χ1n) is 7.84. The fourth-order valence-electron chi connectivity index (χ4n) is 2.44. The Morgan fingerprint density at radius 3 is 2.50 bits per heavy atom. The average Bonchev–Trinajstić information content (AvgIpc) is 3.08. The topological polar surface area (TPSA) is 73.7 Å². The summed E-state index contributed by atoms with van der Waals surface area (Å²) >= 11 is 3.31. The summed E-state index contributed by atoms with van der Waals surface area (Å²) < 4.78 is 45.6. The van der Waals surface area contributed by atoms with Crippen LogP contribution < -0.4 is 5.32 Å². The third-order valence-electron chi connectivity index (χ3n) is 3.62. The second-order valence-corrected chi connectivity index (χ2v) is 6.49. The molecule has 1 amide bonds. The van der Waals surface area contributed by atoms with Crippen molar-refractivity contribution in [1.82, 2.24) is 0 Å². The molecule has 4 nitrogen and oxygen atoms in total. The van der Waals surface area contributed by atoms with Crippen LogP contribution in [0.2, 0.25) is 0 Å². The van der Waals surface area contributed by atoms with Crippen LogP contribution in [0, 0.1) is 0 Å². The fraction of sp³-hybridized carbons (Fsp3) is 0.0500. The molecular weight excluding hydrogens is 439 g/mol. The summed E-state index contributed by atoms with van der Waals surface area (Å²) in [5.74, 6) is -0.0388. The maximum Gasteiger partial charge on any atom is 0.417 e. The molecule has 0 atom stereocenters. The van der Waals surface area contributed by atoms with Crippen LogP contribution in [-0.2, 0) is 11.0 Å². The number of anilines is 1. The smallest absolute Gasteiger partial charge is 0.417 e. The molecule has 0 aliphatic rings. The highest BCUT2D eigenvalue weighted by Crippen LogP contribution is 2.37. The van der Waals surface area contributed by atoms with Crippen LogP contribution in [-0.4, -0.2) is 11.4 Å². The summed E-state index contributed by atoms with van der Waals surface area (Å²) in [5.41, 5.74) is -0.219. The molecule has 0 aliphatic carbocycles. The number of carbonyl (C=O) groups excluding carboxylic acids is 1. The van der Waals surface area contributed by atoms with E-state index in [1.54, 1.807) is 18.2 Å². The minimum absolute atomic E-state index is 0. The maximum atomic E-state index is 13.1. The van der Waals surface area contributed by atoms with Crippen LogP contribution in [0.3, 0.4) is 0 Å². The van der Waals surface area contributed by atoms with Crippen molar-refractivity contribution in [1.29, 1.82) is 0 Å². The Morgan fingerprint density at radius 2 is 1.79 bits per heavy atom. The van der Waals surface area contributed by atoms with Crippen molar-refractivity contribution in [2.24, 2.45) is 0 Å². The molecule has 3 N–H and O–H groups in total.